The van der Waals surface area contributed by atoms with Gasteiger partial charge in [-0.05, 0) is 0 Å². The van der Waals surface area contributed by atoms with Gasteiger partial charge in [-0.15, -0.1) is 0 Å². The van der Waals surface area contributed by atoms with Crippen molar-refractivity contribution in [2.24, 2.45) is 6.20 Å². The number of nitrogens with zero attached hydrogens (tertiary/aromatic N) is 2. The van der Waals surface area contributed by atoms with Gasteiger partial charge in [-0.3, -0.25) is 0 Å². The van der Waals surface area contributed by atoms with Crippen LogP contribution in [-0.2, 0) is 19.5 Å². The summed E-state index contributed by atoms with van der Waals surface area (Å²) in [5.41, 5.74) is 0. The van der Waals surface area contributed by atoms with E-state index in [0.717, 1.165) is 49.3 Å². The fourth-order valence-corrected chi connectivity index (χ4v) is 0. The molecule has 0 saturated carbocycles. The molecule has 0 heterocycles. The largest absolute Gasteiger partial charge is 0 e. The monoisotopic (exact) mass is 322 g/mol. The molecule has 0 aliphatic rings. The van der Waals surface area contributed by atoms with E-state index < -0.39 is 0 Å². The van der Waals surface area contributed by atoms with Gasteiger partial charge in [0.05, 0.1) is 0 Å². The Bertz CT molecular complexity index is 22.8. The first-order valence-corrected chi connectivity index (χ1v) is 3.66. The molecule has 4 radical (unpaired) electrons. The molecule has 0 aliphatic heterocycles. The summed E-state index contributed by atoms with van der Waals surface area (Å²) in [6.45, 7) is 0. The molecular weight excluding hydrogens is 323 g/mol. The smallest absolute Gasteiger partial charge is 0 e. The Morgan fingerprint density at radius 1 is 1.00 bits per heavy atom. The molecule has 0 unspecified atom stereocenters. The number of hydrogen-bond donors (Lipinski definition) is 0. The minimum atomic E-state index is 0. The molecule has 0 fully saturated rings. The van der Waals surface area contributed by atoms with E-state index in [1.807, 2.05) is 0 Å². The van der Waals surface area contributed by atoms with Crippen molar-refractivity contribution < 1.29 is 19.5 Å². The van der Waals surface area contributed by atoms with Crippen LogP contribution in [0, 0.1) is 0 Å². The van der Waals surface area contributed by atoms with E-state index in [0.29, 0.717) is 0 Å². The number of rotatable bonds is 0. The zero-order valence-corrected chi connectivity index (χ0v) is 12.3. The predicted molar refractivity (Wildman–Crippen MR) is 16.4 cm³/mol. The van der Waals surface area contributed by atoms with Gasteiger partial charge in [-0.1, -0.05) is 0 Å². The molecule has 2 nitrogen and oxygen atoms in total. The molecule has 0 amide bonds. The van der Waals surface area contributed by atoms with Gasteiger partial charge in [0.25, 0.3) is 0 Å². The maximum atomic E-state index is 3.55. The Hall–Kier alpha value is 1.96. The van der Waals surface area contributed by atoms with E-state index in [2.05, 4.69) is 6.20 Å². The van der Waals surface area contributed by atoms with Crippen molar-refractivity contribution in [3.8, 4) is 0 Å². The normalized spacial score (nSPS) is 7.20. The van der Waals surface area contributed by atoms with Crippen molar-refractivity contribution in [1.29, 1.82) is 0 Å². The van der Waals surface area contributed by atoms with Gasteiger partial charge in [0.1, 0.15) is 0 Å². The Kier molecular flexibility index (Phi) is 18.8. The van der Waals surface area contributed by atoms with Crippen LogP contribution in [0.2, 0.25) is 0 Å². The number of hydrogen-bond acceptors (Lipinski definition) is 2. The summed E-state index contributed by atoms with van der Waals surface area (Å²) in [5, 5.41) is 0. The summed E-state index contributed by atoms with van der Waals surface area (Å²) < 4.78 is 7.10. The van der Waals surface area contributed by atoms with Crippen LogP contribution in [0.4, 0.5) is 0 Å². The summed E-state index contributed by atoms with van der Waals surface area (Å²) >= 11 is 1.86. The summed E-state index contributed by atoms with van der Waals surface area (Å²) in [4.78, 5) is 0. The molecule has 0 saturated heterocycles. The van der Waals surface area contributed by atoms with Crippen LogP contribution >= 0.6 is 0 Å². The molecule has 0 N–H and O–H groups in total. The average molecular weight is 323 g/mol. The second-order valence-corrected chi connectivity index (χ2v) is 1.55. The topological polar surface area (TPSA) is 24.7 Å². The van der Waals surface area contributed by atoms with Crippen molar-refractivity contribution in [2.75, 3.05) is 0 Å². The van der Waals surface area contributed by atoms with Crippen LogP contribution in [0.5, 0.6) is 0 Å². The van der Waals surface area contributed by atoms with Crippen molar-refractivity contribution in [3.63, 3.8) is 0 Å². The predicted octanol–water partition coefficient (Wildman–Crippen LogP) is -0.397. The van der Waals surface area contributed by atoms with Crippen molar-refractivity contribution >= 4 is 49.3 Å². The summed E-state index contributed by atoms with van der Waals surface area (Å²) in [5.74, 6) is 0. The van der Waals surface area contributed by atoms with Gasteiger partial charge < -0.3 is 0 Å². The van der Waals surface area contributed by atoms with E-state index in [4.69, 9.17) is 0 Å². The first kappa shape index (κ1) is 10.1. The Balaban J connectivity index is 0. The van der Waals surface area contributed by atoms with Gasteiger partial charge in [0.2, 0.25) is 0 Å². The second-order valence-electron chi connectivity index (χ2n) is 0.231. The average Bonchev–Trinajstić information content (AvgIpc) is 1.37. The van der Waals surface area contributed by atoms with Crippen LogP contribution in [-0.4, -0.2) is 49.3 Å². The Morgan fingerprint density at radius 2 is 1.20 bits per heavy atom. The molecule has 0 aromatic heterocycles. The third kappa shape index (κ3) is 10.7. The zero-order chi connectivity index (χ0) is 3.41. The standard InChI is InChI=1S/2In.N2.Zn/c;;1-2;/q2*+1;-2;. The third-order valence-corrected chi connectivity index (χ3v) is 3.00. The third-order valence-electron chi connectivity index (χ3n) is 0.0667. The molecule has 0 rings (SSSR count). The Labute approximate surface area is 73.9 Å². The molecule has 0 bridgehead atoms. The minimum absolute atomic E-state index is 0. The quantitative estimate of drug-likeness (QED) is 0.428. The van der Waals surface area contributed by atoms with Crippen LogP contribution in [0.1, 0.15) is 0 Å². The first-order chi connectivity index (χ1) is 1.91. The van der Waals surface area contributed by atoms with E-state index in [9.17, 15) is 0 Å². The summed E-state index contributed by atoms with van der Waals surface area (Å²) in [6.07, 6.45) is 0. The fraction of sp³-hybridized carbons (Fsp3) is 0. The van der Waals surface area contributed by atoms with Crippen LogP contribution < -0.4 is 0 Å². The maximum absolute atomic E-state index is 3.55. The van der Waals surface area contributed by atoms with Crippen LogP contribution in [0.25, 0.3) is 0 Å². The van der Waals surface area contributed by atoms with Crippen molar-refractivity contribution in [1.82, 2.24) is 0 Å². The fourth-order valence-electron chi connectivity index (χ4n) is 0. The van der Waals surface area contributed by atoms with Crippen LogP contribution in [0.15, 0.2) is 6.20 Å². The molecule has 0 aliphatic carbocycles. The first-order valence-electron chi connectivity index (χ1n) is 0.716. The van der Waals surface area contributed by atoms with E-state index in [-0.39, 0.29) is 19.5 Å². The Morgan fingerprint density at radius 3 is 1.20 bits per heavy atom. The minimum Gasteiger partial charge on any atom is 0 e. The van der Waals surface area contributed by atoms with Gasteiger partial charge in [0.15, 0.2) is 0 Å². The molecule has 5 heteroatoms. The molecule has 5 heavy (non-hydrogen) atoms. The second kappa shape index (κ2) is 9.35. The van der Waals surface area contributed by atoms with Gasteiger partial charge in [-0.25, -0.2) is 0 Å². The molecule has 0 atom stereocenters. The van der Waals surface area contributed by atoms with E-state index in [1.165, 1.54) is 0 Å². The van der Waals surface area contributed by atoms with Gasteiger partial charge >= 0.3 is 55.5 Å². The molecule has 0 spiro atoms. The zero-order valence-electron chi connectivity index (χ0n) is 2.76. The van der Waals surface area contributed by atoms with Crippen molar-refractivity contribution in [2.45, 2.75) is 0 Å². The van der Waals surface area contributed by atoms with Gasteiger partial charge in [0, 0.05) is 19.5 Å². The van der Waals surface area contributed by atoms with Crippen molar-refractivity contribution in [3.05, 3.63) is 0 Å². The van der Waals surface area contributed by atoms with Crippen LogP contribution in [0.3, 0.4) is 0 Å². The molecule has 18 valence electrons. The van der Waals surface area contributed by atoms with E-state index in [1.54, 1.807) is 0 Å². The van der Waals surface area contributed by atoms with E-state index >= 15 is 0 Å². The summed E-state index contributed by atoms with van der Waals surface area (Å²) in [6, 6.07) is 0. The molecular formula is In2N2Zn. The summed E-state index contributed by atoms with van der Waals surface area (Å²) in [7, 11) is 0. The maximum Gasteiger partial charge on any atom is 0 e. The molecule has 0 aromatic carbocycles. The molecule has 0 aromatic rings. The van der Waals surface area contributed by atoms with Gasteiger partial charge in [-0.2, -0.15) is 0 Å². The SMILES string of the molecule is [In][N]=[N][In].[Zn].